The number of hydrogen-bond acceptors (Lipinski definition) is 5. The molecule has 0 spiro atoms. The highest BCUT2D eigenvalue weighted by atomic mass is 16.5. The Labute approximate surface area is 101 Å². The van der Waals surface area contributed by atoms with Gasteiger partial charge in [0.1, 0.15) is 11.4 Å². The van der Waals surface area contributed by atoms with Gasteiger partial charge in [-0.3, -0.25) is 0 Å². The highest BCUT2D eigenvalue weighted by Gasteiger charge is 2.18. The molecule has 0 aliphatic carbocycles. The smallest absolute Gasteiger partial charge is 0.123 e. The van der Waals surface area contributed by atoms with E-state index in [2.05, 4.69) is 5.32 Å². The Morgan fingerprint density at radius 3 is 2.71 bits per heavy atom. The van der Waals surface area contributed by atoms with Crippen molar-refractivity contribution in [3.05, 3.63) is 18.2 Å². The van der Waals surface area contributed by atoms with Crippen molar-refractivity contribution in [2.75, 3.05) is 30.8 Å². The van der Waals surface area contributed by atoms with Crippen LogP contribution in [0.15, 0.2) is 18.2 Å². The summed E-state index contributed by atoms with van der Waals surface area (Å²) in [5.41, 5.74) is 5.91. The van der Waals surface area contributed by atoms with Crippen molar-refractivity contribution in [2.45, 2.75) is 19.4 Å². The van der Waals surface area contributed by atoms with Gasteiger partial charge in [-0.25, -0.2) is 0 Å². The van der Waals surface area contributed by atoms with E-state index in [0.717, 1.165) is 5.69 Å². The third-order valence-electron chi connectivity index (χ3n) is 2.25. The van der Waals surface area contributed by atoms with Crippen LogP contribution in [0.3, 0.4) is 0 Å². The fourth-order valence-electron chi connectivity index (χ4n) is 1.32. The van der Waals surface area contributed by atoms with Crippen molar-refractivity contribution in [3.63, 3.8) is 0 Å². The lowest BCUT2D eigenvalue weighted by molar-refractivity contribution is 0.0132. The largest absolute Gasteiger partial charge is 0.494 e. The molecule has 1 unspecified atom stereocenters. The molecule has 0 aromatic heterocycles. The number of hydrogen-bond donors (Lipinski definition) is 4. The first kappa shape index (κ1) is 13.6. The summed E-state index contributed by atoms with van der Waals surface area (Å²) in [6, 6.07) is 5.28. The van der Waals surface area contributed by atoms with Gasteiger partial charge in [-0.15, -0.1) is 0 Å². The number of aliphatic hydroxyl groups excluding tert-OH is 1. The summed E-state index contributed by atoms with van der Waals surface area (Å²) in [6.07, 6.45) is 0. The molecule has 1 aromatic carbocycles. The van der Waals surface area contributed by atoms with Gasteiger partial charge in [-0.1, -0.05) is 0 Å². The Morgan fingerprint density at radius 2 is 2.12 bits per heavy atom. The maximum Gasteiger partial charge on any atom is 0.123 e. The van der Waals surface area contributed by atoms with Crippen LogP contribution < -0.4 is 15.8 Å². The fourth-order valence-corrected chi connectivity index (χ4v) is 1.32. The second-order valence-electron chi connectivity index (χ2n) is 4.23. The number of rotatable bonds is 6. The SMILES string of the molecule is CCOc1cc(N)cc(NCC(C)(O)CO)c1. The molecule has 17 heavy (non-hydrogen) atoms. The van der Waals surface area contributed by atoms with Gasteiger partial charge in [0.05, 0.1) is 13.2 Å². The molecule has 5 nitrogen and oxygen atoms in total. The number of anilines is 2. The number of aliphatic hydroxyl groups is 2. The molecule has 5 N–H and O–H groups in total. The molecular weight excluding hydrogens is 220 g/mol. The van der Waals surface area contributed by atoms with E-state index in [1.807, 2.05) is 6.92 Å². The Balaban J connectivity index is 2.70. The number of nitrogen functional groups attached to an aromatic ring is 1. The summed E-state index contributed by atoms with van der Waals surface area (Å²) in [7, 11) is 0. The molecule has 0 aliphatic rings. The van der Waals surface area contributed by atoms with Crippen LogP contribution in [0.1, 0.15) is 13.8 Å². The maximum atomic E-state index is 9.65. The zero-order valence-electron chi connectivity index (χ0n) is 10.2. The highest BCUT2D eigenvalue weighted by molar-refractivity contribution is 5.59. The van der Waals surface area contributed by atoms with Crippen LogP contribution in [-0.4, -0.2) is 35.6 Å². The second kappa shape index (κ2) is 5.75. The van der Waals surface area contributed by atoms with Gasteiger partial charge < -0.3 is 26.0 Å². The summed E-state index contributed by atoms with van der Waals surface area (Å²) in [5.74, 6) is 0.679. The molecule has 0 bridgehead atoms. The summed E-state index contributed by atoms with van der Waals surface area (Å²) in [4.78, 5) is 0. The summed E-state index contributed by atoms with van der Waals surface area (Å²) < 4.78 is 5.35. The van der Waals surface area contributed by atoms with Crippen molar-refractivity contribution in [1.29, 1.82) is 0 Å². The van der Waals surface area contributed by atoms with Crippen molar-refractivity contribution in [2.24, 2.45) is 0 Å². The summed E-state index contributed by atoms with van der Waals surface area (Å²) in [6.45, 7) is 3.94. The molecule has 0 aliphatic heterocycles. The molecule has 5 heteroatoms. The van der Waals surface area contributed by atoms with Gasteiger partial charge in [0.2, 0.25) is 0 Å². The fraction of sp³-hybridized carbons (Fsp3) is 0.500. The molecule has 0 radical (unpaired) electrons. The molecule has 0 fully saturated rings. The molecule has 1 atom stereocenters. The Morgan fingerprint density at radius 1 is 1.41 bits per heavy atom. The van der Waals surface area contributed by atoms with E-state index in [0.29, 0.717) is 18.0 Å². The lowest BCUT2D eigenvalue weighted by atomic mass is 10.1. The van der Waals surface area contributed by atoms with Gasteiger partial charge in [0.25, 0.3) is 0 Å². The average Bonchev–Trinajstić information content (AvgIpc) is 2.26. The molecule has 96 valence electrons. The number of nitrogens with two attached hydrogens (primary N) is 1. The first-order valence-corrected chi connectivity index (χ1v) is 5.57. The lowest BCUT2D eigenvalue weighted by Crippen LogP contribution is -2.37. The van der Waals surface area contributed by atoms with Crippen molar-refractivity contribution >= 4 is 11.4 Å². The Bertz CT molecular complexity index is 367. The standard InChI is InChI=1S/C12H20N2O3/c1-3-17-11-5-9(13)4-10(6-11)14-7-12(2,16)8-15/h4-6,14-16H,3,7-8,13H2,1-2H3. The third kappa shape index (κ3) is 4.50. The van der Waals surface area contributed by atoms with E-state index < -0.39 is 5.60 Å². The maximum absolute atomic E-state index is 9.65. The Hall–Kier alpha value is -1.46. The molecule has 0 saturated heterocycles. The average molecular weight is 240 g/mol. The van der Waals surface area contributed by atoms with Crippen molar-refractivity contribution in [1.82, 2.24) is 0 Å². The molecule has 0 amide bonds. The Kier molecular flexibility index (Phi) is 4.60. The van der Waals surface area contributed by atoms with E-state index in [1.165, 1.54) is 0 Å². The molecule has 1 rings (SSSR count). The predicted molar refractivity (Wildman–Crippen MR) is 68.2 cm³/mol. The highest BCUT2D eigenvalue weighted by Crippen LogP contribution is 2.23. The van der Waals surface area contributed by atoms with Crippen LogP contribution in [0, 0.1) is 0 Å². The lowest BCUT2D eigenvalue weighted by Gasteiger charge is -2.21. The van der Waals surface area contributed by atoms with E-state index in [1.54, 1.807) is 25.1 Å². The zero-order chi connectivity index (χ0) is 12.9. The van der Waals surface area contributed by atoms with Crippen LogP contribution >= 0.6 is 0 Å². The predicted octanol–water partition coefficient (Wildman–Crippen LogP) is 0.823. The van der Waals surface area contributed by atoms with Crippen molar-refractivity contribution in [3.8, 4) is 5.75 Å². The molecule has 1 aromatic rings. The van der Waals surface area contributed by atoms with Gasteiger partial charge in [-0.2, -0.15) is 0 Å². The normalized spacial score (nSPS) is 14.1. The van der Waals surface area contributed by atoms with E-state index in [4.69, 9.17) is 15.6 Å². The first-order chi connectivity index (χ1) is 7.96. The van der Waals surface area contributed by atoms with Crippen molar-refractivity contribution < 1.29 is 14.9 Å². The molecule has 0 heterocycles. The number of benzene rings is 1. The van der Waals surface area contributed by atoms with Gasteiger partial charge in [-0.05, 0) is 19.9 Å². The zero-order valence-corrected chi connectivity index (χ0v) is 10.2. The number of nitrogens with one attached hydrogen (secondary N) is 1. The van der Waals surface area contributed by atoms with Crippen LogP contribution in [0.25, 0.3) is 0 Å². The minimum Gasteiger partial charge on any atom is -0.494 e. The van der Waals surface area contributed by atoms with E-state index in [9.17, 15) is 5.11 Å². The first-order valence-electron chi connectivity index (χ1n) is 5.57. The van der Waals surface area contributed by atoms with Crippen LogP contribution in [0.5, 0.6) is 5.75 Å². The topological polar surface area (TPSA) is 87.7 Å². The molecule has 0 saturated carbocycles. The van der Waals surface area contributed by atoms with Gasteiger partial charge >= 0.3 is 0 Å². The summed E-state index contributed by atoms with van der Waals surface area (Å²) in [5, 5.41) is 21.6. The van der Waals surface area contributed by atoms with Gasteiger partial charge in [0.15, 0.2) is 0 Å². The monoisotopic (exact) mass is 240 g/mol. The van der Waals surface area contributed by atoms with E-state index >= 15 is 0 Å². The third-order valence-corrected chi connectivity index (χ3v) is 2.25. The van der Waals surface area contributed by atoms with E-state index in [-0.39, 0.29) is 13.2 Å². The molecular formula is C12H20N2O3. The minimum atomic E-state index is -1.16. The second-order valence-corrected chi connectivity index (χ2v) is 4.23. The number of ether oxygens (including phenoxy) is 1. The quantitative estimate of drug-likeness (QED) is 0.553. The summed E-state index contributed by atoms with van der Waals surface area (Å²) >= 11 is 0. The van der Waals surface area contributed by atoms with Gasteiger partial charge in [0, 0.05) is 30.1 Å². The van der Waals surface area contributed by atoms with Crippen LogP contribution in [0.4, 0.5) is 11.4 Å². The van der Waals surface area contributed by atoms with Crippen LogP contribution in [0.2, 0.25) is 0 Å². The minimum absolute atomic E-state index is 0.235. The van der Waals surface area contributed by atoms with Crippen LogP contribution in [-0.2, 0) is 0 Å².